The maximum Gasteiger partial charge on any atom is 0.338 e. The van der Waals surface area contributed by atoms with E-state index in [1.54, 1.807) is 24.3 Å². The summed E-state index contributed by atoms with van der Waals surface area (Å²) in [7, 11) is 0. The van der Waals surface area contributed by atoms with Gasteiger partial charge < -0.3 is 47.4 Å². The first kappa shape index (κ1) is 46.9. The summed E-state index contributed by atoms with van der Waals surface area (Å²) < 4.78 is 59.3. The summed E-state index contributed by atoms with van der Waals surface area (Å²) in [6.45, 7) is 8.46. The van der Waals surface area contributed by atoms with Crippen molar-refractivity contribution in [3.8, 4) is 0 Å². The highest BCUT2D eigenvalue weighted by Crippen LogP contribution is 2.38. The first-order chi connectivity index (χ1) is 31.2. The molecule has 7 rings (SSSR count). The minimum atomic E-state index is -1.35. The average Bonchev–Trinajstić information content (AvgIpc) is 3.32. The van der Waals surface area contributed by atoms with Crippen molar-refractivity contribution in [2.24, 2.45) is 0 Å². The second kappa shape index (κ2) is 23.8. The lowest BCUT2D eigenvalue weighted by Crippen LogP contribution is -2.64. The Balaban J connectivity index is 1.25. The summed E-state index contributed by atoms with van der Waals surface area (Å²) in [5.41, 5.74) is 3.47. The van der Waals surface area contributed by atoms with Gasteiger partial charge in [0.1, 0.15) is 30.2 Å². The van der Waals surface area contributed by atoms with Crippen molar-refractivity contribution in [2.45, 2.75) is 140 Å². The fourth-order valence-electron chi connectivity index (χ4n) is 8.24. The molecule has 0 bridgehead atoms. The van der Waals surface area contributed by atoms with E-state index in [0.717, 1.165) is 48.8 Å². The summed E-state index contributed by atoms with van der Waals surface area (Å²) in [5.74, 6) is -1.43. The molecule has 1 saturated carbocycles. The van der Waals surface area contributed by atoms with Crippen LogP contribution >= 0.6 is 0 Å². The third kappa shape index (κ3) is 13.3. The molecule has 0 aromatic heterocycles. The summed E-state index contributed by atoms with van der Waals surface area (Å²) in [4.78, 5) is 39.6. The molecule has 12 nitrogen and oxygen atoms in total. The number of hydrogen-bond acceptors (Lipinski definition) is 12. The van der Waals surface area contributed by atoms with Gasteiger partial charge in [-0.3, -0.25) is 4.79 Å². The number of esters is 2. The number of Topliss-reactive ketones (excluding diaryl/α,β-unsaturated/α-hetero) is 1. The molecule has 340 valence electrons. The SMILES string of the molecule is C=C1[C@H](OC(=O)CCC(C)=O)[C@@H](O[C@@H]2[C@@H](OCc3ccccc3)[C@H](C)O[C@@H](OC3CCCCC3)[C@@H]2OC(=O)c2ccccc2)O[C@H](COCc2ccccc2)[C@H]1OCc1ccccc1. The van der Waals surface area contributed by atoms with Gasteiger partial charge in [-0.05, 0) is 61.1 Å². The lowest BCUT2D eigenvalue weighted by molar-refractivity contribution is -0.352. The summed E-state index contributed by atoms with van der Waals surface area (Å²) in [5, 5.41) is 0. The van der Waals surface area contributed by atoms with Crippen LogP contribution in [0.15, 0.2) is 133 Å². The Hall–Kier alpha value is -5.05. The van der Waals surface area contributed by atoms with Gasteiger partial charge in [0.2, 0.25) is 0 Å². The Morgan fingerprint density at radius 2 is 1.19 bits per heavy atom. The van der Waals surface area contributed by atoms with Gasteiger partial charge in [0.05, 0.1) is 50.6 Å². The standard InChI is InChI=1S/C52H60O12/c1-35(53)29-30-44(54)62-46-36(2)45(57-32-39-21-11-5-12-22-39)43(34-56-31-38-19-9-4-10-20-38)61-51(46)64-48-47(58-33-40-23-13-6-14-24-40)37(3)59-52(60-42-27-17-8-18-28-42)49(48)63-50(55)41-25-15-7-16-26-41/h4-7,9-16,19-26,37,42-43,45-49,51-52H,2,8,17-18,27-34H2,1,3H3/t37-,43+,45-,46-,47-,48+,49+,51+,52-/m0/s1. The Bertz CT molecular complexity index is 2060. The van der Waals surface area contributed by atoms with Crippen molar-refractivity contribution in [2.75, 3.05) is 6.61 Å². The second-order valence-corrected chi connectivity index (χ2v) is 16.7. The van der Waals surface area contributed by atoms with Crippen LogP contribution in [-0.4, -0.2) is 85.7 Å². The van der Waals surface area contributed by atoms with Crippen LogP contribution in [0.4, 0.5) is 0 Å². The van der Waals surface area contributed by atoms with Gasteiger partial charge in [0.15, 0.2) is 24.8 Å². The topological polar surface area (TPSA) is 134 Å². The molecule has 9 atom stereocenters. The highest BCUT2D eigenvalue weighted by atomic mass is 16.8. The van der Waals surface area contributed by atoms with E-state index in [2.05, 4.69) is 6.58 Å². The fraction of sp³-hybridized carbons (Fsp3) is 0.442. The van der Waals surface area contributed by atoms with E-state index in [0.29, 0.717) is 11.1 Å². The van der Waals surface area contributed by atoms with Crippen molar-refractivity contribution < 1.29 is 57.0 Å². The zero-order valence-corrected chi connectivity index (χ0v) is 36.7. The summed E-state index contributed by atoms with van der Waals surface area (Å²) >= 11 is 0. The normalized spacial score (nSPS) is 26.2. The minimum absolute atomic E-state index is 0.0150. The van der Waals surface area contributed by atoms with Crippen molar-refractivity contribution >= 4 is 17.7 Å². The fourth-order valence-corrected chi connectivity index (χ4v) is 8.24. The molecular formula is C52H60O12. The smallest absolute Gasteiger partial charge is 0.338 e. The van der Waals surface area contributed by atoms with Crippen molar-refractivity contribution in [1.82, 2.24) is 0 Å². The number of rotatable bonds is 20. The maximum absolute atomic E-state index is 14.1. The molecule has 4 aromatic carbocycles. The van der Waals surface area contributed by atoms with Crippen molar-refractivity contribution in [1.29, 1.82) is 0 Å². The van der Waals surface area contributed by atoms with Crippen LogP contribution < -0.4 is 0 Å². The number of ether oxygens (including phenoxy) is 9. The largest absolute Gasteiger partial charge is 0.452 e. The van der Waals surface area contributed by atoms with Gasteiger partial charge in [-0.2, -0.15) is 0 Å². The molecule has 2 saturated heterocycles. The van der Waals surface area contributed by atoms with E-state index in [-0.39, 0.29) is 51.2 Å². The quantitative estimate of drug-likeness (QED) is 0.0622. The lowest BCUT2D eigenvalue weighted by Gasteiger charge is -2.48. The zero-order valence-electron chi connectivity index (χ0n) is 36.7. The van der Waals surface area contributed by atoms with E-state index in [9.17, 15) is 14.4 Å². The van der Waals surface area contributed by atoms with Crippen LogP contribution in [0.2, 0.25) is 0 Å². The highest BCUT2D eigenvalue weighted by Gasteiger charge is 2.54. The third-order valence-electron chi connectivity index (χ3n) is 11.7. The van der Waals surface area contributed by atoms with Crippen LogP contribution in [0.3, 0.4) is 0 Å². The predicted octanol–water partition coefficient (Wildman–Crippen LogP) is 8.64. The Morgan fingerprint density at radius 1 is 0.609 bits per heavy atom. The van der Waals surface area contributed by atoms with Crippen LogP contribution in [0.1, 0.15) is 85.8 Å². The molecule has 3 fully saturated rings. The maximum atomic E-state index is 14.1. The van der Waals surface area contributed by atoms with E-state index in [4.69, 9.17) is 42.6 Å². The van der Waals surface area contributed by atoms with Crippen LogP contribution in [-0.2, 0) is 72.0 Å². The Morgan fingerprint density at radius 3 is 1.80 bits per heavy atom. The lowest BCUT2D eigenvalue weighted by atomic mass is 9.94. The Kier molecular flexibility index (Phi) is 17.4. The van der Waals surface area contributed by atoms with Gasteiger partial charge in [0.25, 0.3) is 0 Å². The molecule has 0 spiro atoms. The van der Waals surface area contributed by atoms with Crippen molar-refractivity contribution in [3.63, 3.8) is 0 Å². The molecule has 64 heavy (non-hydrogen) atoms. The molecule has 2 aliphatic heterocycles. The summed E-state index contributed by atoms with van der Waals surface area (Å²) in [6, 6.07) is 37.8. The molecule has 0 unspecified atom stereocenters. The highest BCUT2D eigenvalue weighted by molar-refractivity contribution is 5.89. The third-order valence-corrected chi connectivity index (χ3v) is 11.7. The first-order valence-corrected chi connectivity index (χ1v) is 22.4. The molecular weight excluding hydrogens is 817 g/mol. The molecule has 0 N–H and O–H groups in total. The van der Waals surface area contributed by atoms with Gasteiger partial charge in [-0.15, -0.1) is 0 Å². The zero-order chi connectivity index (χ0) is 44.7. The molecule has 0 radical (unpaired) electrons. The van der Waals surface area contributed by atoms with Gasteiger partial charge in [0, 0.05) is 6.42 Å². The van der Waals surface area contributed by atoms with Gasteiger partial charge in [-0.25, -0.2) is 4.79 Å². The van der Waals surface area contributed by atoms with Crippen LogP contribution in [0, 0.1) is 0 Å². The van der Waals surface area contributed by atoms with Crippen LogP contribution in [0.5, 0.6) is 0 Å². The monoisotopic (exact) mass is 876 g/mol. The van der Waals surface area contributed by atoms with Gasteiger partial charge in [-0.1, -0.05) is 135 Å². The van der Waals surface area contributed by atoms with Crippen molar-refractivity contribution in [3.05, 3.63) is 156 Å². The van der Waals surface area contributed by atoms with E-state index >= 15 is 0 Å². The molecule has 4 aromatic rings. The number of carbonyl (C=O) groups excluding carboxylic acids is 3. The Labute approximate surface area is 376 Å². The van der Waals surface area contributed by atoms with E-state index in [1.165, 1.54) is 6.92 Å². The molecule has 1 aliphatic carbocycles. The molecule has 3 aliphatic rings. The van der Waals surface area contributed by atoms with Crippen LogP contribution in [0.25, 0.3) is 0 Å². The number of hydrogen-bond donors (Lipinski definition) is 0. The number of carbonyl (C=O) groups is 3. The molecule has 2 heterocycles. The van der Waals surface area contributed by atoms with E-state index in [1.807, 2.05) is 104 Å². The number of ketones is 1. The second-order valence-electron chi connectivity index (χ2n) is 16.7. The number of benzene rings is 4. The average molecular weight is 877 g/mol. The summed E-state index contributed by atoms with van der Waals surface area (Å²) in [6.07, 6.45) is -4.60. The molecule has 12 heteroatoms. The molecule has 0 amide bonds. The first-order valence-electron chi connectivity index (χ1n) is 22.4. The predicted molar refractivity (Wildman–Crippen MR) is 237 cm³/mol. The van der Waals surface area contributed by atoms with Gasteiger partial charge >= 0.3 is 11.9 Å². The van der Waals surface area contributed by atoms with E-state index < -0.39 is 67.2 Å². The minimum Gasteiger partial charge on any atom is -0.452 e.